The highest BCUT2D eigenvalue weighted by molar-refractivity contribution is 14.0. The van der Waals surface area contributed by atoms with Crippen molar-refractivity contribution in [3.63, 3.8) is 0 Å². The van der Waals surface area contributed by atoms with Crippen LogP contribution in [0.2, 0.25) is 0 Å². The highest BCUT2D eigenvalue weighted by atomic mass is 127. The number of nitrogens with zero attached hydrogens (tertiary/aromatic N) is 1. The summed E-state index contributed by atoms with van der Waals surface area (Å²) in [6, 6.07) is 8.53. The zero-order chi connectivity index (χ0) is 20.1. The summed E-state index contributed by atoms with van der Waals surface area (Å²) in [5, 5.41) is 6.95. The molecular formula is C22H38IN3O3. The van der Waals surface area contributed by atoms with E-state index in [1.165, 1.54) is 5.56 Å². The van der Waals surface area contributed by atoms with Crippen molar-refractivity contribution in [3.05, 3.63) is 29.8 Å². The normalized spacial score (nSPS) is 16.0. The van der Waals surface area contributed by atoms with Crippen molar-refractivity contribution in [3.8, 4) is 5.75 Å². The average Bonchev–Trinajstić information content (AvgIpc) is 2.74. The quantitative estimate of drug-likeness (QED) is 0.202. The maximum absolute atomic E-state index is 5.64. The van der Waals surface area contributed by atoms with Crippen LogP contribution in [0.4, 0.5) is 0 Å². The van der Waals surface area contributed by atoms with Crippen molar-refractivity contribution in [1.29, 1.82) is 0 Å². The Hall–Kier alpha value is -1.06. The summed E-state index contributed by atoms with van der Waals surface area (Å²) in [5.41, 5.74) is 1.38. The van der Waals surface area contributed by atoms with Gasteiger partial charge in [0.25, 0.3) is 0 Å². The maximum atomic E-state index is 5.64. The summed E-state index contributed by atoms with van der Waals surface area (Å²) in [7, 11) is 1.82. The number of hydrogen-bond donors (Lipinski definition) is 2. The van der Waals surface area contributed by atoms with Gasteiger partial charge in [-0.15, -0.1) is 24.0 Å². The summed E-state index contributed by atoms with van der Waals surface area (Å²) < 4.78 is 16.6. The van der Waals surface area contributed by atoms with Crippen molar-refractivity contribution in [2.45, 2.75) is 44.9 Å². The van der Waals surface area contributed by atoms with Crippen LogP contribution in [0.25, 0.3) is 0 Å². The molecule has 166 valence electrons. The van der Waals surface area contributed by atoms with Crippen LogP contribution in [-0.4, -0.2) is 59.1 Å². The van der Waals surface area contributed by atoms with E-state index in [1.807, 2.05) is 20.9 Å². The predicted molar refractivity (Wildman–Crippen MR) is 130 cm³/mol. The van der Waals surface area contributed by atoms with Gasteiger partial charge in [0.15, 0.2) is 5.96 Å². The second-order valence-electron chi connectivity index (χ2n) is 7.11. The second-order valence-corrected chi connectivity index (χ2v) is 7.11. The SMILES string of the molecule is CCOCCCCNC(=NC)NCC1(c2ccc(OCC)cc2)CCOCC1.I. The lowest BCUT2D eigenvalue weighted by Crippen LogP contribution is -2.48. The number of hydrogen-bond acceptors (Lipinski definition) is 4. The fourth-order valence-corrected chi connectivity index (χ4v) is 3.55. The van der Waals surface area contributed by atoms with Crippen LogP contribution in [-0.2, 0) is 14.9 Å². The van der Waals surface area contributed by atoms with E-state index >= 15 is 0 Å². The minimum Gasteiger partial charge on any atom is -0.494 e. The summed E-state index contributed by atoms with van der Waals surface area (Å²) >= 11 is 0. The van der Waals surface area contributed by atoms with Crippen LogP contribution < -0.4 is 15.4 Å². The van der Waals surface area contributed by atoms with Gasteiger partial charge in [-0.3, -0.25) is 4.99 Å². The number of ether oxygens (including phenoxy) is 3. The first-order chi connectivity index (χ1) is 13.7. The van der Waals surface area contributed by atoms with Gasteiger partial charge in [-0.05, 0) is 57.2 Å². The van der Waals surface area contributed by atoms with Crippen molar-refractivity contribution in [2.75, 3.05) is 53.2 Å². The number of rotatable bonds is 11. The Morgan fingerprint density at radius 1 is 1.07 bits per heavy atom. The molecule has 1 saturated heterocycles. The molecule has 1 fully saturated rings. The molecule has 0 aromatic heterocycles. The molecule has 0 radical (unpaired) electrons. The first-order valence-electron chi connectivity index (χ1n) is 10.6. The minimum absolute atomic E-state index is 0. The Morgan fingerprint density at radius 3 is 2.41 bits per heavy atom. The van der Waals surface area contributed by atoms with Crippen LogP contribution >= 0.6 is 24.0 Å². The minimum atomic E-state index is 0. The number of benzene rings is 1. The van der Waals surface area contributed by atoms with Crippen LogP contribution in [0.5, 0.6) is 5.75 Å². The zero-order valence-electron chi connectivity index (χ0n) is 18.2. The molecule has 0 aliphatic carbocycles. The van der Waals surface area contributed by atoms with Crippen LogP contribution in [0.15, 0.2) is 29.3 Å². The topological polar surface area (TPSA) is 64.1 Å². The number of halogens is 1. The van der Waals surface area contributed by atoms with Crippen LogP contribution in [0.3, 0.4) is 0 Å². The molecule has 2 N–H and O–H groups in total. The first-order valence-corrected chi connectivity index (χ1v) is 10.6. The average molecular weight is 519 g/mol. The maximum Gasteiger partial charge on any atom is 0.191 e. The van der Waals surface area contributed by atoms with Gasteiger partial charge in [0.2, 0.25) is 0 Å². The largest absolute Gasteiger partial charge is 0.494 e. The van der Waals surface area contributed by atoms with Gasteiger partial charge in [-0.25, -0.2) is 0 Å². The van der Waals surface area contributed by atoms with Gasteiger partial charge in [-0.2, -0.15) is 0 Å². The van der Waals surface area contributed by atoms with Crippen molar-refractivity contribution in [1.82, 2.24) is 10.6 Å². The molecule has 0 amide bonds. The Kier molecular flexibility index (Phi) is 13.3. The standard InChI is InChI=1S/C22H37N3O3.HI/c1-4-26-15-7-6-14-24-21(23-3)25-18-22(12-16-27-17-13-22)19-8-10-20(11-9-19)28-5-2;/h8-11H,4-7,12-18H2,1-3H3,(H2,23,24,25);1H. The molecule has 0 unspecified atom stereocenters. The second kappa shape index (κ2) is 14.8. The molecule has 2 rings (SSSR count). The lowest BCUT2D eigenvalue weighted by Gasteiger charge is -2.38. The van der Waals surface area contributed by atoms with Crippen LogP contribution in [0.1, 0.15) is 45.1 Å². The molecule has 6 nitrogen and oxygen atoms in total. The number of unbranched alkanes of at least 4 members (excludes halogenated alkanes) is 1. The molecule has 1 aromatic carbocycles. The van der Waals surface area contributed by atoms with Gasteiger partial charge in [0.05, 0.1) is 6.61 Å². The molecule has 0 saturated carbocycles. The molecule has 0 atom stereocenters. The van der Waals surface area contributed by atoms with Gasteiger partial charge in [0, 0.05) is 52.0 Å². The highest BCUT2D eigenvalue weighted by Gasteiger charge is 2.34. The molecule has 0 bridgehead atoms. The Labute approximate surface area is 193 Å². The van der Waals surface area contributed by atoms with Crippen LogP contribution in [0, 0.1) is 0 Å². The predicted octanol–water partition coefficient (Wildman–Crippen LogP) is 3.73. The fraction of sp³-hybridized carbons (Fsp3) is 0.682. The van der Waals surface area contributed by atoms with Gasteiger partial charge in [-0.1, -0.05) is 12.1 Å². The summed E-state index contributed by atoms with van der Waals surface area (Å²) in [6.45, 7) is 9.64. The van der Waals surface area contributed by atoms with Crippen molar-refractivity contribution in [2.24, 2.45) is 4.99 Å². The van der Waals surface area contributed by atoms with E-state index in [1.54, 1.807) is 0 Å². The van der Waals surface area contributed by atoms with E-state index < -0.39 is 0 Å². The molecule has 1 aliphatic rings. The van der Waals surface area contributed by atoms with E-state index in [4.69, 9.17) is 14.2 Å². The monoisotopic (exact) mass is 519 g/mol. The first kappa shape index (κ1) is 26.0. The van der Waals surface area contributed by atoms with E-state index in [2.05, 4.69) is 39.9 Å². The fourth-order valence-electron chi connectivity index (χ4n) is 3.55. The molecule has 7 heteroatoms. The Balaban J connectivity index is 0.00000420. The van der Waals surface area contributed by atoms with Gasteiger partial charge >= 0.3 is 0 Å². The molecule has 1 aromatic rings. The van der Waals surface area contributed by atoms with Crippen molar-refractivity contribution >= 4 is 29.9 Å². The summed E-state index contributed by atoms with van der Waals surface area (Å²) in [6.07, 6.45) is 4.13. The third-order valence-electron chi connectivity index (χ3n) is 5.26. The lowest BCUT2D eigenvalue weighted by atomic mass is 9.74. The smallest absolute Gasteiger partial charge is 0.191 e. The zero-order valence-corrected chi connectivity index (χ0v) is 20.5. The number of nitrogens with one attached hydrogen (secondary N) is 2. The van der Waals surface area contributed by atoms with E-state index in [-0.39, 0.29) is 29.4 Å². The summed E-state index contributed by atoms with van der Waals surface area (Å²) in [4.78, 5) is 4.38. The van der Waals surface area contributed by atoms with E-state index in [9.17, 15) is 0 Å². The third kappa shape index (κ3) is 8.68. The molecule has 0 spiro atoms. The molecule has 1 aliphatic heterocycles. The molecule has 29 heavy (non-hydrogen) atoms. The molecule has 1 heterocycles. The summed E-state index contributed by atoms with van der Waals surface area (Å²) in [5.74, 6) is 1.78. The Morgan fingerprint density at radius 2 is 1.79 bits per heavy atom. The molecular weight excluding hydrogens is 481 g/mol. The number of aliphatic imine (C=N–C) groups is 1. The van der Waals surface area contributed by atoms with Gasteiger partial charge < -0.3 is 24.8 Å². The van der Waals surface area contributed by atoms with E-state index in [0.29, 0.717) is 6.61 Å². The number of guanidine groups is 1. The highest BCUT2D eigenvalue weighted by Crippen LogP contribution is 2.35. The van der Waals surface area contributed by atoms with Gasteiger partial charge in [0.1, 0.15) is 5.75 Å². The third-order valence-corrected chi connectivity index (χ3v) is 5.26. The Bertz CT molecular complexity index is 575. The van der Waals surface area contributed by atoms with E-state index in [0.717, 1.165) is 76.9 Å². The van der Waals surface area contributed by atoms with Crippen molar-refractivity contribution < 1.29 is 14.2 Å². The lowest BCUT2D eigenvalue weighted by molar-refractivity contribution is 0.0513.